The molecule has 4 heterocycles. The maximum atomic E-state index is 15.9. The van der Waals surface area contributed by atoms with Crippen molar-refractivity contribution in [2.24, 2.45) is 11.7 Å². The van der Waals surface area contributed by atoms with E-state index in [1.165, 1.54) is 0 Å². The average Bonchev–Trinajstić information content (AvgIpc) is 3.34. The van der Waals surface area contributed by atoms with E-state index in [1.807, 2.05) is 6.20 Å². The zero-order valence-corrected chi connectivity index (χ0v) is 22.8. The van der Waals surface area contributed by atoms with Crippen molar-refractivity contribution in [2.45, 2.75) is 87.5 Å². The molecule has 8 unspecified atom stereocenters. The van der Waals surface area contributed by atoms with Gasteiger partial charge in [0.1, 0.15) is 6.17 Å². The van der Waals surface area contributed by atoms with Gasteiger partial charge < -0.3 is 30.5 Å². The molecule has 2 saturated carbocycles. The Bertz CT molecular complexity index is 926. The van der Waals surface area contributed by atoms with Gasteiger partial charge in [0.25, 0.3) is 5.91 Å². The van der Waals surface area contributed by atoms with Crippen LogP contribution in [-0.4, -0.2) is 133 Å². The molecule has 6 rings (SSSR count). The fourth-order valence-corrected chi connectivity index (χ4v) is 7.92. The second kappa shape index (κ2) is 11.1. The van der Waals surface area contributed by atoms with Gasteiger partial charge in [0.05, 0.1) is 35.9 Å². The van der Waals surface area contributed by atoms with E-state index in [-0.39, 0.29) is 60.1 Å². The minimum absolute atomic E-state index is 0.00655. The first kappa shape index (κ1) is 26.6. The summed E-state index contributed by atoms with van der Waals surface area (Å²) in [4.78, 5) is 36.2. The number of morpholine rings is 1. The van der Waals surface area contributed by atoms with Crippen LogP contribution in [0.1, 0.15) is 44.9 Å². The van der Waals surface area contributed by atoms with E-state index in [0.717, 1.165) is 77.8 Å². The Hall–Kier alpha value is -1.59. The van der Waals surface area contributed by atoms with Crippen molar-refractivity contribution < 1.29 is 18.7 Å². The summed E-state index contributed by atoms with van der Waals surface area (Å²) in [5.74, 6) is -1.09. The molecule has 1 amide bonds. The van der Waals surface area contributed by atoms with Gasteiger partial charge in [-0.1, -0.05) is 12.8 Å². The van der Waals surface area contributed by atoms with Gasteiger partial charge in [-0.2, -0.15) is 0 Å². The molecule has 10 heteroatoms. The van der Waals surface area contributed by atoms with Crippen LogP contribution in [-0.2, 0) is 14.3 Å². The summed E-state index contributed by atoms with van der Waals surface area (Å²) < 4.78 is 22.6. The number of ether oxygens (including phenoxy) is 1. The van der Waals surface area contributed by atoms with E-state index in [9.17, 15) is 9.59 Å². The highest BCUT2D eigenvalue weighted by Gasteiger charge is 2.59. The Kier molecular flexibility index (Phi) is 7.79. The van der Waals surface area contributed by atoms with Crippen molar-refractivity contribution in [3.05, 3.63) is 11.8 Å². The molecule has 0 aromatic carbocycles. The molecule has 6 aliphatic rings. The van der Waals surface area contributed by atoms with Crippen LogP contribution in [0.25, 0.3) is 0 Å². The predicted octanol–water partition coefficient (Wildman–Crippen LogP) is 0.347. The van der Waals surface area contributed by atoms with Crippen molar-refractivity contribution in [1.82, 2.24) is 24.9 Å². The van der Waals surface area contributed by atoms with Crippen LogP contribution in [0.3, 0.4) is 0 Å². The lowest BCUT2D eigenvalue weighted by molar-refractivity contribution is -0.209. The van der Waals surface area contributed by atoms with Crippen LogP contribution < -0.4 is 11.1 Å². The molecule has 0 aromatic rings. The number of nitrogens with zero attached hydrogens (tertiary/aromatic N) is 4. The number of piperazine rings is 1. The van der Waals surface area contributed by atoms with Gasteiger partial charge in [-0.05, 0) is 45.7 Å². The number of nitrogens with one attached hydrogen (secondary N) is 1. The Balaban J connectivity index is 1.18. The van der Waals surface area contributed by atoms with Gasteiger partial charge in [-0.25, -0.2) is 4.39 Å². The number of carbonyl (C=O) groups excluding carboxylic acids is 2. The molecular weight excluding hydrogens is 487 g/mol. The molecular formula is C28H45FN6O3. The molecule has 0 bridgehead atoms. The molecule has 4 aliphatic heterocycles. The third-order valence-corrected chi connectivity index (χ3v) is 10.00. The number of fused-ring (bicyclic) bond motifs is 2. The summed E-state index contributed by atoms with van der Waals surface area (Å²) in [6, 6.07) is -0.412. The lowest BCUT2D eigenvalue weighted by Gasteiger charge is -2.60. The number of halogens is 1. The van der Waals surface area contributed by atoms with Crippen molar-refractivity contribution in [1.29, 1.82) is 0 Å². The van der Waals surface area contributed by atoms with Gasteiger partial charge in [-0.3, -0.25) is 14.5 Å². The summed E-state index contributed by atoms with van der Waals surface area (Å²) >= 11 is 0. The number of carbonyl (C=O) groups is 2. The van der Waals surface area contributed by atoms with E-state index < -0.39 is 12.1 Å². The highest BCUT2D eigenvalue weighted by atomic mass is 19.1. The van der Waals surface area contributed by atoms with Gasteiger partial charge in [0, 0.05) is 64.0 Å². The lowest BCUT2D eigenvalue weighted by atomic mass is 9.69. The Morgan fingerprint density at radius 1 is 1.13 bits per heavy atom. The van der Waals surface area contributed by atoms with E-state index in [1.54, 1.807) is 0 Å². The Labute approximate surface area is 225 Å². The van der Waals surface area contributed by atoms with Crippen molar-refractivity contribution >= 4 is 11.7 Å². The van der Waals surface area contributed by atoms with Crippen LogP contribution in [0, 0.1) is 5.92 Å². The fraction of sp³-hybridized carbons (Fsp3) is 0.857. The first-order valence-electron chi connectivity index (χ1n) is 14.9. The number of hydrogen-bond acceptors (Lipinski definition) is 8. The maximum absolute atomic E-state index is 15.9. The molecule has 212 valence electrons. The van der Waals surface area contributed by atoms with E-state index in [0.29, 0.717) is 13.1 Å². The molecule has 8 atom stereocenters. The predicted molar refractivity (Wildman–Crippen MR) is 142 cm³/mol. The SMILES string of the molecule is CN1CCN(CCCNC(=O)C2=CN3C4CCCCC4OC4C(N5CCC(N)C5)C(F)CC(C2=O)C43)CC1. The summed E-state index contributed by atoms with van der Waals surface area (Å²) in [5, 5.41) is 3.00. The highest BCUT2D eigenvalue weighted by molar-refractivity contribution is 6.20. The summed E-state index contributed by atoms with van der Waals surface area (Å²) in [7, 11) is 2.14. The van der Waals surface area contributed by atoms with Crippen molar-refractivity contribution in [3.63, 3.8) is 0 Å². The van der Waals surface area contributed by atoms with E-state index >= 15 is 4.39 Å². The Morgan fingerprint density at radius 3 is 2.68 bits per heavy atom. The van der Waals surface area contributed by atoms with Crippen molar-refractivity contribution in [2.75, 3.05) is 59.4 Å². The quantitative estimate of drug-likeness (QED) is 0.374. The number of amides is 1. The fourth-order valence-electron chi connectivity index (χ4n) is 7.92. The minimum Gasteiger partial charge on any atom is -0.369 e. The summed E-state index contributed by atoms with van der Waals surface area (Å²) in [5.41, 5.74) is 6.39. The standard InChI is InChI=1S/C28H45FN6O3/c1-32-11-13-33(14-12-32)9-4-8-31-28(37)20-17-35-22-5-2-3-6-23(22)38-27-24(35)19(26(20)36)15-21(29)25(27)34-10-7-18(30)16-34/h17-19,21-25,27H,2-16,30H2,1H3,(H,31,37). The second-order valence-electron chi connectivity index (χ2n) is 12.5. The molecule has 9 nitrogen and oxygen atoms in total. The van der Waals surface area contributed by atoms with Crippen molar-refractivity contribution in [3.8, 4) is 0 Å². The number of likely N-dealkylation sites (N-methyl/N-ethyl adjacent to an activating group) is 1. The summed E-state index contributed by atoms with van der Waals surface area (Å²) in [6.45, 7) is 7.14. The molecule has 2 aliphatic carbocycles. The van der Waals surface area contributed by atoms with Crippen LogP contribution >= 0.6 is 0 Å². The number of Topliss-reactive ketones (excluding diaryl/α,β-unsaturated/α-hetero) is 1. The van der Waals surface area contributed by atoms with Crippen LogP contribution in [0.15, 0.2) is 11.8 Å². The normalized spacial score (nSPS) is 40.4. The number of nitrogens with two attached hydrogens (primary N) is 1. The minimum atomic E-state index is -1.18. The van der Waals surface area contributed by atoms with E-state index in [2.05, 4.69) is 32.0 Å². The highest BCUT2D eigenvalue weighted by Crippen LogP contribution is 2.47. The first-order valence-corrected chi connectivity index (χ1v) is 14.9. The Morgan fingerprint density at radius 2 is 1.92 bits per heavy atom. The molecule has 0 spiro atoms. The van der Waals surface area contributed by atoms with Crippen LogP contribution in [0.4, 0.5) is 4.39 Å². The maximum Gasteiger partial charge on any atom is 0.256 e. The number of ketones is 1. The third kappa shape index (κ3) is 5.03. The van der Waals surface area contributed by atoms with Gasteiger partial charge >= 0.3 is 0 Å². The zero-order chi connectivity index (χ0) is 26.4. The van der Waals surface area contributed by atoms with Gasteiger partial charge in [0.15, 0.2) is 5.78 Å². The average molecular weight is 533 g/mol. The monoisotopic (exact) mass is 532 g/mol. The smallest absolute Gasteiger partial charge is 0.256 e. The number of likely N-dealkylation sites (tertiary alicyclic amines) is 1. The molecule has 0 aromatic heterocycles. The molecule has 38 heavy (non-hydrogen) atoms. The second-order valence-corrected chi connectivity index (χ2v) is 12.5. The lowest BCUT2D eigenvalue weighted by Crippen LogP contribution is -2.73. The largest absolute Gasteiger partial charge is 0.369 e. The molecule has 0 radical (unpaired) electrons. The molecule has 3 N–H and O–H groups in total. The molecule has 3 saturated heterocycles. The van der Waals surface area contributed by atoms with E-state index in [4.69, 9.17) is 10.5 Å². The number of rotatable bonds is 6. The third-order valence-electron chi connectivity index (χ3n) is 10.00. The molecule has 5 fully saturated rings. The number of alkyl halides is 1. The number of hydrogen-bond donors (Lipinski definition) is 2. The van der Waals surface area contributed by atoms with Crippen LogP contribution in [0.5, 0.6) is 0 Å². The topological polar surface area (TPSA) is 94.4 Å². The van der Waals surface area contributed by atoms with Crippen LogP contribution in [0.2, 0.25) is 0 Å². The van der Waals surface area contributed by atoms with Gasteiger partial charge in [0.2, 0.25) is 0 Å². The summed E-state index contributed by atoms with van der Waals surface area (Å²) in [6.07, 6.45) is 6.23. The zero-order valence-electron chi connectivity index (χ0n) is 22.8. The first-order chi connectivity index (χ1) is 18.4. The van der Waals surface area contributed by atoms with Gasteiger partial charge in [-0.15, -0.1) is 0 Å².